The summed E-state index contributed by atoms with van der Waals surface area (Å²) in [6, 6.07) is 3.51. The van der Waals surface area contributed by atoms with Crippen LogP contribution in [-0.4, -0.2) is 32.3 Å². The first-order chi connectivity index (χ1) is 8.61. The Hall–Kier alpha value is -1.75. The standard InChI is InChI=1S/C13H18N2O3/c1-8-5-11(14)12(6-10(8)13(16)17-2)15-7-9-3-4-18-9/h5-6,9,15H,3-4,7,14H2,1-2H3/t9-/m0/s1. The number of hydrogen-bond acceptors (Lipinski definition) is 5. The van der Waals surface area contributed by atoms with E-state index < -0.39 is 0 Å². The molecule has 0 amide bonds. The van der Waals surface area contributed by atoms with Gasteiger partial charge in [-0.1, -0.05) is 0 Å². The maximum Gasteiger partial charge on any atom is 0.338 e. The molecule has 1 aromatic carbocycles. The van der Waals surface area contributed by atoms with Gasteiger partial charge in [-0.05, 0) is 31.0 Å². The molecule has 0 bridgehead atoms. The molecule has 1 aliphatic rings. The Kier molecular flexibility index (Phi) is 3.72. The molecule has 0 aromatic heterocycles. The molecule has 1 aliphatic heterocycles. The van der Waals surface area contributed by atoms with E-state index in [9.17, 15) is 4.79 Å². The summed E-state index contributed by atoms with van der Waals surface area (Å²) in [5.41, 5.74) is 8.63. The van der Waals surface area contributed by atoms with E-state index >= 15 is 0 Å². The van der Waals surface area contributed by atoms with Crippen molar-refractivity contribution >= 4 is 17.3 Å². The fraction of sp³-hybridized carbons (Fsp3) is 0.462. The summed E-state index contributed by atoms with van der Waals surface area (Å²) < 4.78 is 10.1. The monoisotopic (exact) mass is 250 g/mol. The van der Waals surface area contributed by atoms with E-state index in [0.717, 1.165) is 24.3 Å². The molecule has 0 spiro atoms. The second-order valence-electron chi connectivity index (χ2n) is 4.41. The molecule has 1 heterocycles. The van der Waals surface area contributed by atoms with Gasteiger partial charge in [-0.2, -0.15) is 0 Å². The average Bonchev–Trinajstić information content (AvgIpc) is 2.28. The van der Waals surface area contributed by atoms with Gasteiger partial charge in [0, 0.05) is 13.2 Å². The highest BCUT2D eigenvalue weighted by Crippen LogP contribution is 2.25. The van der Waals surface area contributed by atoms with E-state index in [-0.39, 0.29) is 12.1 Å². The number of carbonyl (C=O) groups is 1. The van der Waals surface area contributed by atoms with Crippen LogP contribution in [0.25, 0.3) is 0 Å². The number of ether oxygens (including phenoxy) is 2. The van der Waals surface area contributed by atoms with E-state index in [0.29, 0.717) is 17.8 Å². The van der Waals surface area contributed by atoms with Crippen molar-refractivity contribution in [3.05, 3.63) is 23.3 Å². The lowest BCUT2D eigenvalue weighted by atomic mass is 10.1. The van der Waals surface area contributed by atoms with Gasteiger partial charge < -0.3 is 20.5 Å². The Labute approximate surface area is 106 Å². The van der Waals surface area contributed by atoms with Crippen LogP contribution in [0.5, 0.6) is 0 Å². The first-order valence-corrected chi connectivity index (χ1v) is 5.95. The normalized spacial score (nSPS) is 18.0. The molecule has 2 rings (SSSR count). The Morgan fingerprint density at radius 1 is 1.61 bits per heavy atom. The molecule has 5 nitrogen and oxygen atoms in total. The molecule has 0 unspecified atom stereocenters. The number of hydrogen-bond donors (Lipinski definition) is 2. The van der Waals surface area contributed by atoms with Gasteiger partial charge in [0.1, 0.15) is 0 Å². The number of esters is 1. The Morgan fingerprint density at radius 2 is 2.33 bits per heavy atom. The molecule has 1 fully saturated rings. The van der Waals surface area contributed by atoms with Gasteiger partial charge in [-0.3, -0.25) is 0 Å². The van der Waals surface area contributed by atoms with Gasteiger partial charge in [0.15, 0.2) is 0 Å². The van der Waals surface area contributed by atoms with Gasteiger partial charge in [0.05, 0.1) is 30.2 Å². The van der Waals surface area contributed by atoms with Crippen molar-refractivity contribution in [1.82, 2.24) is 0 Å². The first kappa shape index (κ1) is 12.7. The minimum absolute atomic E-state index is 0.243. The Bertz CT molecular complexity index is 456. The smallest absolute Gasteiger partial charge is 0.338 e. The maximum absolute atomic E-state index is 11.6. The quantitative estimate of drug-likeness (QED) is 0.626. The molecule has 0 aliphatic carbocycles. The largest absolute Gasteiger partial charge is 0.465 e. The number of benzene rings is 1. The molecule has 0 saturated carbocycles. The number of carbonyl (C=O) groups excluding carboxylic acids is 1. The molecule has 98 valence electrons. The van der Waals surface area contributed by atoms with E-state index in [1.807, 2.05) is 6.92 Å². The van der Waals surface area contributed by atoms with Crippen molar-refractivity contribution < 1.29 is 14.3 Å². The van der Waals surface area contributed by atoms with Crippen molar-refractivity contribution in [2.24, 2.45) is 0 Å². The number of nitrogens with one attached hydrogen (secondary N) is 1. The third-order valence-electron chi connectivity index (χ3n) is 3.12. The second kappa shape index (κ2) is 5.27. The van der Waals surface area contributed by atoms with Gasteiger partial charge in [0.2, 0.25) is 0 Å². The fourth-order valence-electron chi connectivity index (χ4n) is 1.88. The number of rotatable bonds is 4. The SMILES string of the molecule is COC(=O)c1cc(NC[C@@H]2CCO2)c(N)cc1C. The van der Waals surface area contributed by atoms with Gasteiger partial charge in [-0.15, -0.1) is 0 Å². The van der Waals surface area contributed by atoms with E-state index in [4.69, 9.17) is 15.2 Å². The third kappa shape index (κ3) is 2.56. The Balaban J connectivity index is 2.15. The van der Waals surface area contributed by atoms with Crippen LogP contribution in [0.15, 0.2) is 12.1 Å². The number of aryl methyl sites for hydroxylation is 1. The number of anilines is 2. The van der Waals surface area contributed by atoms with Gasteiger partial charge in [-0.25, -0.2) is 4.79 Å². The number of nitrogens with two attached hydrogens (primary N) is 1. The van der Waals surface area contributed by atoms with Crippen LogP contribution in [0.1, 0.15) is 22.3 Å². The fourth-order valence-corrected chi connectivity index (χ4v) is 1.88. The topological polar surface area (TPSA) is 73.6 Å². The zero-order valence-electron chi connectivity index (χ0n) is 10.7. The Morgan fingerprint density at radius 3 is 2.89 bits per heavy atom. The lowest BCUT2D eigenvalue weighted by molar-refractivity contribution is -0.0410. The van der Waals surface area contributed by atoms with E-state index in [1.165, 1.54) is 7.11 Å². The molecule has 0 radical (unpaired) electrons. The van der Waals surface area contributed by atoms with E-state index in [2.05, 4.69) is 5.32 Å². The highest BCUT2D eigenvalue weighted by atomic mass is 16.5. The molecule has 1 aromatic rings. The van der Waals surface area contributed by atoms with Crippen LogP contribution in [0, 0.1) is 6.92 Å². The third-order valence-corrected chi connectivity index (χ3v) is 3.12. The minimum atomic E-state index is -0.351. The van der Waals surface area contributed by atoms with Crippen molar-refractivity contribution in [3.8, 4) is 0 Å². The summed E-state index contributed by atoms with van der Waals surface area (Å²) in [5, 5.41) is 3.20. The van der Waals surface area contributed by atoms with Crippen LogP contribution in [0.3, 0.4) is 0 Å². The summed E-state index contributed by atoms with van der Waals surface area (Å²) >= 11 is 0. The predicted molar refractivity (Wildman–Crippen MR) is 69.8 cm³/mol. The van der Waals surface area contributed by atoms with Crippen molar-refractivity contribution in [1.29, 1.82) is 0 Å². The number of methoxy groups -OCH3 is 1. The van der Waals surface area contributed by atoms with Gasteiger partial charge in [0.25, 0.3) is 0 Å². The molecular formula is C13H18N2O3. The van der Waals surface area contributed by atoms with Gasteiger partial charge >= 0.3 is 5.97 Å². The van der Waals surface area contributed by atoms with Crippen molar-refractivity contribution in [2.45, 2.75) is 19.4 Å². The lowest BCUT2D eigenvalue weighted by Crippen LogP contribution is -2.33. The van der Waals surface area contributed by atoms with Crippen LogP contribution < -0.4 is 11.1 Å². The summed E-state index contributed by atoms with van der Waals surface area (Å²) in [7, 11) is 1.37. The lowest BCUT2D eigenvalue weighted by Gasteiger charge is -2.27. The summed E-state index contributed by atoms with van der Waals surface area (Å²) in [6.07, 6.45) is 1.30. The molecule has 3 N–H and O–H groups in total. The van der Waals surface area contributed by atoms with Crippen molar-refractivity contribution in [2.75, 3.05) is 31.3 Å². The highest BCUT2D eigenvalue weighted by Gasteiger charge is 2.18. The zero-order chi connectivity index (χ0) is 13.1. The number of nitrogen functional groups attached to an aromatic ring is 1. The molecule has 1 saturated heterocycles. The summed E-state index contributed by atoms with van der Waals surface area (Å²) in [5.74, 6) is -0.351. The average molecular weight is 250 g/mol. The van der Waals surface area contributed by atoms with Crippen molar-refractivity contribution in [3.63, 3.8) is 0 Å². The molecular weight excluding hydrogens is 232 g/mol. The first-order valence-electron chi connectivity index (χ1n) is 5.95. The van der Waals surface area contributed by atoms with Crippen LogP contribution in [-0.2, 0) is 9.47 Å². The van der Waals surface area contributed by atoms with Crippen LogP contribution in [0.4, 0.5) is 11.4 Å². The molecule has 5 heteroatoms. The summed E-state index contributed by atoms with van der Waals surface area (Å²) in [6.45, 7) is 3.36. The molecule has 18 heavy (non-hydrogen) atoms. The zero-order valence-corrected chi connectivity index (χ0v) is 10.7. The highest BCUT2D eigenvalue weighted by molar-refractivity contribution is 5.93. The summed E-state index contributed by atoms with van der Waals surface area (Å²) in [4.78, 5) is 11.6. The maximum atomic E-state index is 11.6. The van der Waals surface area contributed by atoms with E-state index in [1.54, 1.807) is 12.1 Å². The minimum Gasteiger partial charge on any atom is -0.465 e. The second-order valence-corrected chi connectivity index (χ2v) is 4.41. The molecule has 1 atom stereocenters. The predicted octanol–water partition coefficient (Wildman–Crippen LogP) is 1.56. The van der Waals surface area contributed by atoms with Crippen LogP contribution >= 0.6 is 0 Å². The van der Waals surface area contributed by atoms with Crippen LogP contribution in [0.2, 0.25) is 0 Å².